The third kappa shape index (κ3) is 2.77. The quantitative estimate of drug-likeness (QED) is 0.817. The van der Waals surface area contributed by atoms with Crippen LogP contribution in [0.5, 0.6) is 5.75 Å². The first-order valence-electron chi connectivity index (χ1n) is 7.05. The first-order valence-corrected chi connectivity index (χ1v) is 7.05. The summed E-state index contributed by atoms with van der Waals surface area (Å²) in [4.78, 5) is 11.3. The smallest absolute Gasteiger partial charge is 0.331 e. The average molecular weight is 272 g/mol. The van der Waals surface area contributed by atoms with E-state index in [9.17, 15) is 15.0 Å². The molecular formula is C17H20O3. The van der Waals surface area contributed by atoms with Gasteiger partial charge in [-0.15, -0.1) is 0 Å². The van der Waals surface area contributed by atoms with E-state index in [2.05, 4.69) is 6.08 Å². The third-order valence-electron chi connectivity index (χ3n) is 3.84. The van der Waals surface area contributed by atoms with Crippen LogP contribution >= 0.6 is 0 Å². The summed E-state index contributed by atoms with van der Waals surface area (Å²) in [6, 6.07) is 5.35. The Morgan fingerprint density at radius 3 is 2.55 bits per heavy atom. The van der Waals surface area contributed by atoms with E-state index in [-0.39, 0.29) is 5.75 Å². The van der Waals surface area contributed by atoms with Gasteiger partial charge in [0, 0.05) is 5.57 Å². The number of rotatable bonds is 4. The number of aliphatic carboxylic acids is 1. The van der Waals surface area contributed by atoms with E-state index >= 15 is 0 Å². The van der Waals surface area contributed by atoms with Crippen molar-refractivity contribution in [3.63, 3.8) is 0 Å². The number of carboxylic acid groups (broad SMARTS) is 1. The molecule has 0 amide bonds. The largest absolute Gasteiger partial charge is 0.508 e. The Balaban J connectivity index is 2.48. The van der Waals surface area contributed by atoms with Gasteiger partial charge in [-0.25, -0.2) is 4.79 Å². The van der Waals surface area contributed by atoms with Crippen molar-refractivity contribution in [3.8, 4) is 5.75 Å². The predicted molar refractivity (Wildman–Crippen MR) is 79.6 cm³/mol. The lowest BCUT2D eigenvalue weighted by atomic mass is 9.85. The maximum atomic E-state index is 11.3. The number of benzene rings is 1. The number of allylic oxidation sites excluding steroid dienone is 2. The molecular weight excluding hydrogens is 252 g/mol. The zero-order valence-electron chi connectivity index (χ0n) is 11.9. The van der Waals surface area contributed by atoms with Crippen LogP contribution in [0, 0.1) is 0 Å². The lowest BCUT2D eigenvalue weighted by molar-refractivity contribution is -0.132. The van der Waals surface area contributed by atoms with E-state index in [1.807, 2.05) is 19.9 Å². The van der Waals surface area contributed by atoms with Crippen LogP contribution in [0.15, 0.2) is 34.9 Å². The number of aryl methyl sites for hydroxylation is 1. The van der Waals surface area contributed by atoms with E-state index in [1.165, 1.54) is 0 Å². The van der Waals surface area contributed by atoms with Crippen LogP contribution in [0.2, 0.25) is 0 Å². The second-order valence-electron chi connectivity index (χ2n) is 5.02. The molecule has 0 aliphatic heterocycles. The SMILES string of the molecule is CC/C(C(=O)O)=C(/CC)C1=Cc2ccc(O)cc2CC1. The highest BCUT2D eigenvalue weighted by Gasteiger charge is 2.18. The van der Waals surface area contributed by atoms with Crippen molar-refractivity contribution < 1.29 is 15.0 Å². The van der Waals surface area contributed by atoms with Crippen LogP contribution in [0.3, 0.4) is 0 Å². The molecule has 0 spiro atoms. The van der Waals surface area contributed by atoms with Crippen LogP contribution in [0.4, 0.5) is 0 Å². The van der Waals surface area contributed by atoms with Gasteiger partial charge in [0.2, 0.25) is 0 Å². The number of hydrogen-bond donors (Lipinski definition) is 2. The van der Waals surface area contributed by atoms with Crippen LogP contribution in [0.25, 0.3) is 6.08 Å². The van der Waals surface area contributed by atoms with Crippen molar-refractivity contribution in [1.29, 1.82) is 0 Å². The molecule has 0 saturated carbocycles. The summed E-state index contributed by atoms with van der Waals surface area (Å²) in [5.41, 5.74) is 4.79. The van der Waals surface area contributed by atoms with Gasteiger partial charge < -0.3 is 10.2 Å². The van der Waals surface area contributed by atoms with Gasteiger partial charge in [0.1, 0.15) is 5.75 Å². The number of carbonyl (C=O) groups is 1. The summed E-state index contributed by atoms with van der Waals surface area (Å²) in [6.07, 6.45) is 5.01. The van der Waals surface area contributed by atoms with Crippen LogP contribution in [-0.4, -0.2) is 16.2 Å². The van der Waals surface area contributed by atoms with Gasteiger partial charge >= 0.3 is 5.97 Å². The molecule has 3 heteroatoms. The highest BCUT2D eigenvalue weighted by atomic mass is 16.4. The fourth-order valence-electron chi connectivity index (χ4n) is 2.84. The Hall–Kier alpha value is -2.03. The summed E-state index contributed by atoms with van der Waals surface area (Å²) in [5, 5.41) is 18.8. The van der Waals surface area contributed by atoms with E-state index < -0.39 is 5.97 Å². The molecule has 0 fully saturated rings. The van der Waals surface area contributed by atoms with Gasteiger partial charge in [-0.1, -0.05) is 26.0 Å². The number of aromatic hydroxyl groups is 1. The van der Waals surface area contributed by atoms with Gasteiger partial charge in [-0.05, 0) is 60.1 Å². The molecule has 2 rings (SSSR count). The Kier molecular flexibility index (Phi) is 4.28. The van der Waals surface area contributed by atoms with Gasteiger partial charge in [0.15, 0.2) is 0 Å². The maximum Gasteiger partial charge on any atom is 0.331 e. The van der Waals surface area contributed by atoms with E-state index in [0.717, 1.165) is 41.5 Å². The summed E-state index contributed by atoms with van der Waals surface area (Å²) in [6.45, 7) is 3.88. The summed E-state index contributed by atoms with van der Waals surface area (Å²) >= 11 is 0. The zero-order chi connectivity index (χ0) is 14.7. The number of fused-ring (bicyclic) bond motifs is 1. The fourth-order valence-corrected chi connectivity index (χ4v) is 2.84. The highest BCUT2D eigenvalue weighted by Crippen LogP contribution is 2.33. The molecule has 1 aromatic carbocycles. The monoisotopic (exact) mass is 272 g/mol. The van der Waals surface area contributed by atoms with Crippen LogP contribution in [-0.2, 0) is 11.2 Å². The second-order valence-corrected chi connectivity index (χ2v) is 5.02. The molecule has 1 aliphatic carbocycles. The summed E-state index contributed by atoms with van der Waals surface area (Å²) in [7, 11) is 0. The molecule has 20 heavy (non-hydrogen) atoms. The second kappa shape index (κ2) is 5.95. The molecule has 0 radical (unpaired) electrons. The molecule has 0 heterocycles. The normalized spacial score (nSPS) is 15.2. The van der Waals surface area contributed by atoms with Crippen molar-refractivity contribution in [3.05, 3.63) is 46.0 Å². The zero-order valence-corrected chi connectivity index (χ0v) is 11.9. The Bertz CT molecular complexity index is 594. The molecule has 2 N–H and O–H groups in total. The van der Waals surface area contributed by atoms with Crippen molar-refractivity contribution in [2.75, 3.05) is 0 Å². The van der Waals surface area contributed by atoms with Crippen molar-refractivity contribution in [2.45, 2.75) is 39.5 Å². The van der Waals surface area contributed by atoms with Gasteiger partial charge in [0.05, 0.1) is 0 Å². The number of phenolic OH excluding ortho intramolecular Hbond substituents is 1. The lowest BCUT2D eigenvalue weighted by Gasteiger charge is -2.20. The standard InChI is InChI=1S/C17H20O3/c1-3-15(16(4-2)17(19)20)13-6-5-12-10-14(18)8-7-11(12)9-13/h7-10,18H,3-6H2,1-2H3,(H,19,20)/b16-15+. The van der Waals surface area contributed by atoms with Gasteiger partial charge in [0.25, 0.3) is 0 Å². The molecule has 3 nitrogen and oxygen atoms in total. The highest BCUT2D eigenvalue weighted by molar-refractivity contribution is 5.89. The molecule has 0 atom stereocenters. The average Bonchev–Trinajstić information content (AvgIpc) is 2.43. The van der Waals surface area contributed by atoms with Gasteiger partial charge in [-0.2, -0.15) is 0 Å². The minimum Gasteiger partial charge on any atom is -0.508 e. The first kappa shape index (κ1) is 14.4. The van der Waals surface area contributed by atoms with Crippen molar-refractivity contribution >= 4 is 12.0 Å². The van der Waals surface area contributed by atoms with E-state index in [4.69, 9.17) is 0 Å². The van der Waals surface area contributed by atoms with Gasteiger partial charge in [-0.3, -0.25) is 0 Å². The van der Waals surface area contributed by atoms with Crippen LogP contribution < -0.4 is 0 Å². The van der Waals surface area contributed by atoms with E-state index in [0.29, 0.717) is 12.0 Å². The molecule has 0 unspecified atom stereocenters. The predicted octanol–water partition coefficient (Wildman–Crippen LogP) is 3.92. The number of phenols is 1. The number of hydrogen-bond acceptors (Lipinski definition) is 2. The minimum absolute atomic E-state index is 0.284. The first-order chi connectivity index (χ1) is 9.56. The minimum atomic E-state index is -0.818. The van der Waals surface area contributed by atoms with Crippen molar-refractivity contribution in [2.24, 2.45) is 0 Å². The van der Waals surface area contributed by atoms with Crippen LogP contribution in [0.1, 0.15) is 44.2 Å². The topological polar surface area (TPSA) is 57.5 Å². The molecule has 0 aromatic heterocycles. The maximum absolute atomic E-state index is 11.3. The third-order valence-corrected chi connectivity index (χ3v) is 3.84. The lowest BCUT2D eigenvalue weighted by Crippen LogP contribution is -2.08. The summed E-state index contributed by atoms with van der Waals surface area (Å²) in [5.74, 6) is -0.534. The molecule has 1 aromatic rings. The molecule has 0 bridgehead atoms. The van der Waals surface area contributed by atoms with Crippen molar-refractivity contribution in [1.82, 2.24) is 0 Å². The number of carboxylic acids is 1. The molecule has 106 valence electrons. The Morgan fingerprint density at radius 2 is 1.95 bits per heavy atom. The summed E-state index contributed by atoms with van der Waals surface area (Å²) < 4.78 is 0. The van der Waals surface area contributed by atoms with E-state index in [1.54, 1.807) is 12.1 Å². The fraction of sp³-hybridized carbons (Fsp3) is 0.353. The molecule has 1 aliphatic rings. The Morgan fingerprint density at radius 1 is 1.20 bits per heavy atom. The Labute approximate surface area is 119 Å². The molecule has 0 saturated heterocycles.